The molecule has 2 aromatic heterocycles. The van der Waals surface area contributed by atoms with Crippen molar-refractivity contribution in [3.63, 3.8) is 0 Å². The summed E-state index contributed by atoms with van der Waals surface area (Å²) in [6, 6.07) is 13.3. The third-order valence-corrected chi connectivity index (χ3v) is 4.33. The average Bonchev–Trinajstić information content (AvgIpc) is 2.90. The van der Waals surface area contributed by atoms with Gasteiger partial charge in [-0.15, -0.1) is 11.3 Å². The van der Waals surface area contributed by atoms with Gasteiger partial charge in [-0.3, -0.25) is 9.78 Å². The Morgan fingerprint density at radius 2 is 2.14 bits per heavy atom. The van der Waals surface area contributed by atoms with E-state index in [0.29, 0.717) is 17.1 Å². The second-order valence-electron chi connectivity index (χ2n) is 4.89. The predicted molar refractivity (Wildman–Crippen MR) is 86.3 cm³/mol. The van der Waals surface area contributed by atoms with Crippen LogP contribution in [0.1, 0.15) is 15.4 Å². The van der Waals surface area contributed by atoms with E-state index in [4.69, 9.17) is 5.73 Å². The van der Waals surface area contributed by atoms with Gasteiger partial charge < -0.3 is 10.6 Å². The van der Waals surface area contributed by atoms with Gasteiger partial charge in [0.15, 0.2) is 0 Å². The SMILES string of the molecule is CN(Cc1ccccn1)C(=O)c1cc2cc(N)ccc2s1. The lowest BCUT2D eigenvalue weighted by Crippen LogP contribution is -2.25. The molecule has 2 N–H and O–H groups in total. The van der Waals surface area contributed by atoms with Crippen molar-refractivity contribution in [3.8, 4) is 0 Å². The first-order valence-corrected chi connectivity index (χ1v) is 7.39. The second kappa shape index (κ2) is 5.54. The van der Waals surface area contributed by atoms with Crippen LogP contribution >= 0.6 is 11.3 Å². The van der Waals surface area contributed by atoms with E-state index in [2.05, 4.69) is 4.98 Å². The van der Waals surface area contributed by atoms with E-state index in [0.717, 1.165) is 15.8 Å². The lowest BCUT2D eigenvalue weighted by molar-refractivity contribution is 0.0788. The maximum Gasteiger partial charge on any atom is 0.264 e. The van der Waals surface area contributed by atoms with Crippen molar-refractivity contribution in [3.05, 3.63) is 59.2 Å². The quantitative estimate of drug-likeness (QED) is 0.755. The molecule has 5 heteroatoms. The standard InChI is InChI=1S/C16H15N3OS/c1-19(10-13-4-2-3-7-18-13)16(20)15-9-11-8-12(17)5-6-14(11)21-15/h2-9H,10,17H2,1H3. The molecule has 106 valence electrons. The summed E-state index contributed by atoms with van der Waals surface area (Å²) in [5.41, 5.74) is 7.36. The van der Waals surface area contributed by atoms with Crippen LogP contribution in [0.5, 0.6) is 0 Å². The first-order chi connectivity index (χ1) is 10.1. The Balaban J connectivity index is 1.82. The molecule has 0 atom stereocenters. The number of hydrogen-bond donors (Lipinski definition) is 1. The molecule has 0 aliphatic carbocycles. The molecule has 4 nitrogen and oxygen atoms in total. The lowest BCUT2D eigenvalue weighted by Gasteiger charge is -2.15. The fourth-order valence-corrected chi connectivity index (χ4v) is 3.20. The number of rotatable bonds is 3. The van der Waals surface area contributed by atoms with E-state index in [9.17, 15) is 4.79 Å². The number of hydrogen-bond acceptors (Lipinski definition) is 4. The van der Waals surface area contributed by atoms with Crippen LogP contribution in [-0.2, 0) is 6.54 Å². The number of fused-ring (bicyclic) bond motifs is 1. The van der Waals surface area contributed by atoms with E-state index >= 15 is 0 Å². The second-order valence-corrected chi connectivity index (χ2v) is 5.97. The van der Waals surface area contributed by atoms with Gasteiger partial charge in [0.2, 0.25) is 0 Å². The summed E-state index contributed by atoms with van der Waals surface area (Å²) in [5.74, 6) is 0.000393. The molecule has 0 saturated carbocycles. The molecule has 3 aromatic rings. The van der Waals surface area contributed by atoms with Crippen molar-refractivity contribution in [1.82, 2.24) is 9.88 Å². The Labute approximate surface area is 126 Å². The molecule has 0 fully saturated rings. The fourth-order valence-electron chi connectivity index (χ4n) is 2.16. The lowest BCUT2D eigenvalue weighted by atomic mass is 10.2. The molecule has 0 aliphatic heterocycles. The zero-order valence-corrected chi connectivity index (χ0v) is 12.4. The number of pyridine rings is 1. The van der Waals surface area contributed by atoms with Crippen molar-refractivity contribution < 1.29 is 4.79 Å². The van der Waals surface area contributed by atoms with E-state index < -0.39 is 0 Å². The number of carbonyl (C=O) groups excluding carboxylic acids is 1. The topological polar surface area (TPSA) is 59.2 Å². The molecule has 3 rings (SSSR count). The molecule has 0 bridgehead atoms. The number of anilines is 1. The Bertz CT molecular complexity index is 783. The molecular formula is C16H15N3OS. The Hall–Kier alpha value is -2.40. The average molecular weight is 297 g/mol. The summed E-state index contributed by atoms with van der Waals surface area (Å²) in [5, 5.41) is 1.01. The summed E-state index contributed by atoms with van der Waals surface area (Å²) < 4.78 is 1.07. The van der Waals surface area contributed by atoms with Crippen molar-refractivity contribution in [2.24, 2.45) is 0 Å². The maximum atomic E-state index is 12.5. The first kappa shape index (κ1) is 13.6. The number of amides is 1. The van der Waals surface area contributed by atoms with Crippen LogP contribution in [0.25, 0.3) is 10.1 Å². The van der Waals surface area contributed by atoms with Crippen LogP contribution in [0.2, 0.25) is 0 Å². The molecule has 0 radical (unpaired) electrons. The maximum absolute atomic E-state index is 12.5. The van der Waals surface area contributed by atoms with Crippen LogP contribution in [0.3, 0.4) is 0 Å². The third-order valence-electron chi connectivity index (χ3n) is 3.22. The van der Waals surface area contributed by atoms with Crippen molar-refractivity contribution >= 4 is 33.0 Å². The summed E-state index contributed by atoms with van der Waals surface area (Å²) in [6.45, 7) is 0.496. The minimum atomic E-state index is 0.000393. The number of thiophene rings is 1. The highest BCUT2D eigenvalue weighted by molar-refractivity contribution is 7.20. The van der Waals surface area contributed by atoms with Crippen LogP contribution in [-0.4, -0.2) is 22.8 Å². The molecule has 1 aromatic carbocycles. The van der Waals surface area contributed by atoms with Gasteiger partial charge in [0.1, 0.15) is 0 Å². The predicted octanol–water partition coefficient (Wildman–Crippen LogP) is 3.15. The van der Waals surface area contributed by atoms with E-state index in [-0.39, 0.29) is 5.91 Å². The van der Waals surface area contributed by atoms with Gasteiger partial charge in [0, 0.05) is 23.6 Å². The fraction of sp³-hybridized carbons (Fsp3) is 0.125. The summed E-state index contributed by atoms with van der Waals surface area (Å²) in [6.07, 6.45) is 1.73. The van der Waals surface area contributed by atoms with Gasteiger partial charge in [-0.25, -0.2) is 0 Å². The minimum Gasteiger partial charge on any atom is -0.399 e. The van der Waals surface area contributed by atoms with Crippen molar-refractivity contribution in [1.29, 1.82) is 0 Å². The smallest absolute Gasteiger partial charge is 0.264 e. The molecule has 2 heterocycles. The van der Waals surface area contributed by atoms with Gasteiger partial charge in [0.25, 0.3) is 5.91 Å². The molecule has 0 spiro atoms. The molecule has 0 unspecified atom stereocenters. The van der Waals surface area contributed by atoms with E-state index in [1.807, 2.05) is 42.5 Å². The molecule has 0 saturated heterocycles. The van der Waals surface area contributed by atoms with Crippen LogP contribution in [0, 0.1) is 0 Å². The molecule has 21 heavy (non-hydrogen) atoms. The largest absolute Gasteiger partial charge is 0.399 e. The monoisotopic (exact) mass is 297 g/mol. The Morgan fingerprint density at radius 3 is 2.90 bits per heavy atom. The number of aromatic nitrogens is 1. The van der Waals surface area contributed by atoms with Gasteiger partial charge in [-0.2, -0.15) is 0 Å². The summed E-state index contributed by atoms with van der Waals surface area (Å²) in [4.78, 5) is 19.1. The molecular weight excluding hydrogens is 282 g/mol. The van der Waals surface area contributed by atoms with Gasteiger partial charge in [-0.1, -0.05) is 6.07 Å². The molecule has 1 amide bonds. The number of nitrogens with two attached hydrogens (primary N) is 1. The minimum absolute atomic E-state index is 0.000393. The number of carbonyl (C=O) groups is 1. The summed E-state index contributed by atoms with van der Waals surface area (Å²) >= 11 is 1.49. The van der Waals surface area contributed by atoms with Crippen molar-refractivity contribution in [2.75, 3.05) is 12.8 Å². The number of nitrogens with zero attached hydrogens (tertiary/aromatic N) is 2. The number of benzene rings is 1. The zero-order valence-electron chi connectivity index (χ0n) is 11.6. The Kier molecular flexibility index (Phi) is 3.58. The van der Waals surface area contributed by atoms with Crippen LogP contribution < -0.4 is 5.73 Å². The summed E-state index contributed by atoms with van der Waals surface area (Å²) in [7, 11) is 1.79. The normalized spacial score (nSPS) is 10.7. The van der Waals surface area contributed by atoms with E-state index in [1.165, 1.54) is 11.3 Å². The van der Waals surface area contributed by atoms with Crippen LogP contribution in [0.4, 0.5) is 5.69 Å². The van der Waals surface area contributed by atoms with Gasteiger partial charge in [0.05, 0.1) is 17.1 Å². The highest BCUT2D eigenvalue weighted by atomic mass is 32.1. The number of nitrogen functional groups attached to an aromatic ring is 1. The zero-order chi connectivity index (χ0) is 14.8. The van der Waals surface area contributed by atoms with Gasteiger partial charge >= 0.3 is 0 Å². The Morgan fingerprint density at radius 1 is 1.29 bits per heavy atom. The van der Waals surface area contributed by atoms with Crippen molar-refractivity contribution in [2.45, 2.75) is 6.54 Å². The third kappa shape index (κ3) is 2.87. The first-order valence-electron chi connectivity index (χ1n) is 6.58. The molecule has 0 aliphatic rings. The van der Waals surface area contributed by atoms with E-state index in [1.54, 1.807) is 18.1 Å². The highest BCUT2D eigenvalue weighted by Gasteiger charge is 2.15. The highest BCUT2D eigenvalue weighted by Crippen LogP contribution is 2.28. The van der Waals surface area contributed by atoms with Gasteiger partial charge in [-0.05, 0) is 41.8 Å². The van der Waals surface area contributed by atoms with Crippen LogP contribution in [0.15, 0.2) is 48.7 Å².